The highest BCUT2D eigenvalue weighted by Gasteiger charge is 2.04. The molecule has 2 heterocycles. The number of thiophene rings is 1. The molecule has 1 N–H and O–H groups in total. The lowest BCUT2D eigenvalue weighted by molar-refractivity contribution is 0.310. The van der Waals surface area contributed by atoms with Gasteiger partial charge in [-0.1, -0.05) is 18.2 Å². The minimum atomic E-state index is 0.598. The maximum Gasteiger partial charge on any atom is 0.141 e. The third kappa shape index (κ3) is 3.21. The lowest BCUT2D eigenvalue weighted by Crippen LogP contribution is -1.96. The molecule has 0 amide bonds. The topological polar surface area (TPSA) is 47.0 Å². The molecule has 0 saturated carbocycles. The lowest BCUT2D eigenvalue weighted by atomic mass is 10.2. The van der Waals surface area contributed by atoms with Gasteiger partial charge < -0.3 is 10.1 Å². The maximum absolute atomic E-state index is 5.78. The van der Waals surface area contributed by atoms with Crippen LogP contribution in [0.5, 0.6) is 5.75 Å². The van der Waals surface area contributed by atoms with Crippen molar-refractivity contribution in [1.82, 2.24) is 9.97 Å². The van der Waals surface area contributed by atoms with Crippen molar-refractivity contribution >= 4 is 33.7 Å². The molecular formula is C19H15N3OS. The molecule has 0 fully saturated rings. The summed E-state index contributed by atoms with van der Waals surface area (Å²) in [6.07, 6.45) is 1.57. The van der Waals surface area contributed by atoms with Crippen LogP contribution in [0.1, 0.15) is 4.88 Å². The SMILES string of the molecule is c1csc(COc2ccc(Nc3ncnc4ccccc34)cc2)c1. The number of hydrogen-bond acceptors (Lipinski definition) is 5. The molecule has 4 rings (SSSR count). The molecule has 2 aromatic carbocycles. The highest BCUT2D eigenvalue weighted by atomic mass is 32.1. The molecule has 0 unspecified atom stereocenters. The smallest absolute Gasteiger partial charge is 0.141 e. The predicted molar refractivity (Wildman–Crippen MR) is 97.9 cm³/mol. The summed E-state index contributed by atoms with van der Waals surface area (Å²) in [5.41, 5.74) is 1.88. The summed E-state index contributed by atoms with van der Waals surface area (Å²) in [5.74, 6) is 1.65. The van der Waals surface area contributed by atoms with Crippen LogP contribution >= 0.6 is 11.3 Å². The minimum absolute atomic E-state index is 0.598. The van der Waals surface area contributed by atoms with Gasteiger partial charge in [-0.15, -0.1) is 11.3 Å². The fourth-order valence-electron chi connectivity index (χ4n) is 2.42. The number of ether oxygens (including phenoxy) is 1. The molecule has 0 atom stereocenters. The van der Waals surface area contributed by atoms with Gasteiger partial charge in [0, 0.05) is 16.0 Å². The first kappa shape index (κ1) is 14.7. The van der Waals surface area contributed by atoms with E-state index in [-0.39, 0.29) is 0 Å². The number of nitrogens with zero attached hydrogens (tertiary/aromatic N) is 2. The van der Waals surface area contributed by atoms with Crippen LogP contribution in [0.15, 0.2) is 72.4 Å². The first-order valence-corrected chi connectivity index (χ1v) is 8.48. The van der Waals surface area contributed by atoms with Crippen molar-refractivity contribution in [2.24, 2.45) is 0 Å². The van der Waals surface area contributed by atoms with E-state index in [0.717, 1.165) is 28.2 Å². The second kappa shape index (κ2) is 6.68. The number of anilines is 2. The van der Waals surface area contributed by atoms with Gasteiger partial charge in [-0.3, -0.25) is 0 Å². The van der Waals surface area contributed by atoms with Crippen molar-refractivity contribution < 1.29 is 4.74 Å². The molecule has 2 aromatic heterocycles. The normalized spacial score (nSPS) is 10.7. The van der Waals surface area contributed by atoms with E-state index < -0.39 is 0 Å². The number of nitrogens with one attached hydrogen (secondary N) is 1. The molecule has 0 aliphatic heterocycles. The van der Waals surface area contributed by atoms with Gasteiger partial charge in [-0.2, -0.15) is 0 Å². The van der Waals surface area contributed by atoms with Gasteiger partial charge in [-0.05, 0) is 47.8 Å². The van der Waals surface area contributed by atoms with Crippen molar-refractivity contribution in [3.8, 4) is 5.75 Å². The Morgan fingerprint density at radius 1 is 0.917 bits per heavy atom. The zero-order chi connectivity index (χ0) is 16.2. The third-order valence-corrected chi connectivity index (χ3v) is 4.47. The average Bonchev–Trinajstić information content (AvgIpc) is 3.15. The van der Waals surface area contributed by atoms with Crippen LogP contribution in [0.3, 0.4) is 0 Å². The number of para-hydroxylation sites is 1. The van der Waals surface area contributed by atoms with Gasteiger partial charge in [-0.25, -0.2) is 9.97 Å². The van der Waals surface area contributed by atoms with E-state index in [9.17, 15) is 0 Å². The Labute approximate surface area is 143 Å². The van der Waals surface area contributed by atoms with Gasteiger partial charge in [0.1, 0.15) is 24.5 Å². The Hall–Kier alpha value is -2.92. The summed E-state index contributed by atoms with van der Waals surface area (Å²) in [7, 11) is 0. The molecular weight excluding hydrogens is 318 g/mol. The van der Waals surface area contributed by atoms with Crippen molar-refractivity contribution in [2.45, 2.75) is 6.61 Å². The first-order chi connectivity index (χ1) is 11.9. The zero-order valence-corrected chi connectivity index (χ0v) is 13.7. The number of hydrogen-bond donors (Lipinski definition) is 1. The lowest BCUT2D eigenvalue weighted by Gasteiger charge is -2.09. The van der Waals surface area contributed by atoms with E-state index in [1.54, 1.807) is 17.7 Å². The molecule has 0 radical (unpaired) electrons. The van der Waals surface area contributed by atoms with E-state index in [4.69, 9.17) is 4.74 Å². The van der Waals surface area contributed by atoms with Crippen molar-refractivity contribution in [2.75, 3.05) is 5.32 Å². The Balaban J connectivity index is 1.48. The number of rotatable bonds is 5. The second-order valence-electron chi connectivity index (χ2n) is 5.26. The first-order valence-electron chi connectivity index (χ1n) is 7.60. The summed E-state index contributed by atoms with van der Waals surface area (Å²) in [5, 5.41) is 6.39. The Bertz CT molecular complexity index is 931. The Morgan fingerprint density at radius 3 is 2.62 bits per heavy atom. The molecule has 24 heavy (non-hydrogen) atoms. The molecule has 0 aliphatic rings. The summed E-state index contributed by atoms with van der Waals surface area (Å²) >= 11 is 1.70. The highest BCUT2D eigenvalue weighted by Crippen LogP contribution is 2.24. The largest absolute Gasteiger partial charge is 0.488 e. The van der Waals surface area contributed by atoms with Crippen LogP contribution in [0.2, 0.25) is 0 Å². The fourth-order valence-corrected chi connectivity index (χ4v) is 3.04. The summed E-state index contributed by atoms with van der Waals surface area (Å²) < 4.78 is 5.78. The summed E-state index contributed by atoms with van der Waals surface area (Å²) in [6, 6.07) is 19.9. The van der Waals surface area contributed by atoms with Crippen LogP contribution in [0, 0.1) is 0 Å². The standard InChI is InChI=1S/C19H15N3OS/c1-2-6-18-17(5-1)19(21-13-20-18)22-14-7-9-15(10-8-14)23-12-16-4-3-11-24-16/h1-11,13H,12H2,(H,20,21,22). The maximum atomic E-state index is 5.78. The summed E-state index contributed by atoms with van der Waals surface area (Å²) in [6.45, 7) is 0.598. The van der Waals surface area contributed by atoms with Gasteiger partial charge >= 0.3 is 0 Å². The van der Waals surface area contributed by atoms with Crippen LogP contribution < -0.4 is 10.1 Å². The van der Waals surface area contributed by atoms with E-state index >= 15 is 0 Å². The number of aromatic nitrogens is 2. The highest BCUT2D eigenvalue weighted by molar-refractivity contribution is 7.09. The minimum Gasteiger partial charge on any atom is -0.488 e. The third-order valence-electron chi connectivity index (χ3n) is 3.62. The van der Waals surface area contributed by atoms with E-state index in [1.807, 2.05) is 54.6 Å². The molecule has 4 aromatic rings. The van der Waals surface area contributed by atoms with E-state index in [0.29, 0.717) is 6.61 Å². The summed E-state index contributed by atoms with van der Waals surface area (Å²) in [4.78, 5) is 9.83. The van der Waals surface area contributed by atoms with Gasteiger partial charge in [0.05, 0.1) is 5.52 Å². The number of fused-ring (bicyclic) bond motifs is 1. The molecule has 118 valence electrons. The van der Waals surface area contributed by atoms with Crippen molar-refractivity contribution in [3.63, 3.8) is 0 Å². The van der Waals surface area contributed by atoms with E-state index in [2.05, 4.69) is 26.7 Å². The van der Waals surface area contributed by atoms with Crippen LogP contribution in [-0.2, 0) is 6.61 Å². The monoisotopic (exact) mass is 333 g/mol. The fraction of sp³-hybridized carbons (Fsp3) is 0.0526. The van der Waals surface area contributed by atoms with Crippen LogP contribution in [0.25, 0.3) is 10.9 Å². The van der Waals surface area contributed by atoms with Crippen LogP contribution in [-0.4, -0.2) is 9.97 Å². The van der Waals surface area contributed by atoms with Crippen molar-refractivity contribution in [1.29, 1.82) is 0 Å². The van der Waals surface area contributed by atoms with Crippen LogP contribution in [0.4, 0.5) is 11.5 Å². The second-order valence-corrected chi connectivity index (χ2v) is 6.29. The number of benzene rings is 2. The Kier molecular flexibility index (Phi) is 4.08. The van der Waals surface area contributed by atoms with E-state index in [1.165, 1.54) is 4.88 Å². The van der Waals surface area contributed by atoms with Gasteiger partial charge in [0.25, 0.3) is 0 Å². The zero-order valence-electron chi connectivity index (χ0n) is 12.8. The molecule has 0 saturated heterocycles. The molecule has 0 bridgehead atoms. The predicted octanol–water partition coefficient (Wildman–Crippen LogP) is 5.01. The van der Waals surface area contributed by atoms with Gasteiger partial charge in [0.15, 0.2) is 0 Å². The molecule has 0 spiro atoms. The molecule has 4 nitrogen and oxygen atoms in total. The van der Waals surface area contributed by atoms with Crippen molar-refractivity contribution in [3.05, 3.63) is 77.2 Å². The van der Waals surface area contributed by atoms with Gasteiger partial charge in [0.2, 0.25) is 0 Å². The quantitative estimate of drug-likeness (QED) is 0.557. The average molecular weight is 333 g/mol. The Morgan fingerprint density at radius 2 is 1.79 bits per heavy atom. The molecule has 5 heteroatoms. The molecule has 0 aliphatic carbocycles.